The molecule has 0 saturated heterocycles. The van der Waals surface area contributed by atoms with E-state index >= 15 is 0 Å². The van der Waals surface area contributed by atoms with Gasteiger partial charge in [0.2, 0.25) is 0 Å². The van der Waals surface area contributed by atoms with Crippen molar-refractivity contribution in [3.05, 3.63) is 53.5 Å². The van der Waals surface area contributed by atoms with Crippen LogP contribution in [0.5, 0.6) is 0 Å². The molecule has 0 bridgehead atoms. The zero-order valence-corrected chi connectivity index (χ0v) is 12.1. The zero-order valence-electron chi connectivity index (χ0n) is 11.3. The zero-order chi connectivity index (χ0) is 15.2. The lowest BCUT2D eigenvalue weighted by molar-refractivity contribution is -0.137. The summed E-state index contributed by atoms with van der Waals surface area (Å²) in [4.78, 5) is 4.07. The van der Waals surface area contributed by atoms with Crippen molar-refractivity contribution < 1.29 is 17.6 Å². The molecule has 0 spiro atoms. The Labute approximate surface area is 130 Å². The van der Waals surface area contributed by atoms with E-state index in [1.165, 1.54) is 6.07 Å². The largest absolute Gasteiger partial charge is 0.416 e. The molecule has 0 radical (unpaired) electrons. The van der Waals surface area contributed by atoms with Gasteiger partial charge >= 0.3 is 6.18 Å². The summed E-state index contributed by atoms with van der Waals surface area (Å²) in [6, 6.07) is 5.68. The molecule has 22 heavy (non-hydrogen) atoms. The number of alkyl halides is 3. The van der Waals surface area contributed by atoms with Gasteiger partial charge in [-0.3, -0.25) is 4.98 Å². The van der Waals surface area contributed by atoms with Crippen LogP contribution in [0.25, 0.3) is 11.3 Å². The fraction of sp³-hybridized carbons (Fsp3) is 0.267. The van der Waals surface area contributed by atoms with E-state index in [2.05, 4.69) is 4.98 Å². The number of benzene rings is 1. The molecule has 7 heteroatoms. The first kappa shape index (κ1) is 16.7. The molecule has 0 aliphatic heterocycles. The molecule has 118 valence electrons. The second kappa shape index (κ2) is 5.85. The van der Waals surface area contributed by atoms with E-state index < -0.39 is 17.6 Å². The molecule has 2 atom stereocenters. The van der Waals surface area contributed by atoms with E-state index in [1.807, 2.05) is 0 Å². The summed E-state index contributed by atoms with van der Waals surface area (Å²) in [5.41, 5.74) is 5.78. The molecular weight excluding hydrogens is 320 g/mol. The molecule has 3 rings (SSSR count). The summed E-state index contributed by atoms with van der Waals surface area (Å²) in [6.07, 6.45) is -2.09. The van der Waals surface area contributed by atoms with Gasteiger partial charge in [0, 0.05) is 23.7 Å². The van der Waals surface area contributed by atoms with Gasteiger partial charge in [0.05, 0.1) is 11.3 Å². The predicted molar refractivity (Wildman–Crippen MR) is 77.2 cm³/mol. The summed E-state index contributed by atoms with van der Waals surface area (Å²) >= 11 is 0. The summed E-state index contributed by atoms with van der Waals surface area (Å²) in [6.45, 7) is 0. The SMILES string of the molecule is Cl.NC1CC1c1ccc(-c2cc(C(F)(F)F)ccc2F)nc1. The first-order valence-corrected chi connectivity index (χ1v) is 6.45. The lowest BCUT2D eigenvalue weighted by atomic mass is 10.1. The molecule has 0 amide bonds. The van der Waals surface area contributed by atoms with E-state index in [4.69, 9.17) is 5.73 Å². The molecule has 2 unspecified atom stereocenters. The smallest absolute Gasteiger partial charge is 0.327 e. The van der Waals surface area contributed by atoms with E-state index in [1.54, 1.807) is 12.3 Å². The molecule has 1 aromatic heterocycles. The van der Waals surface area contributed by atoms with Crippen LogP contribution < -0.4 is 5.73 Å². The number of pyridine rings is 1. The number of nitrogens with zero attached hydrogens (tertiary/aromatic N) is 1. The van der Waals surface area contributed by atoms with Crippen LogP contribution in [-0.4, -0.2) is 11.0 Å². The lowest BCUT2D eigenvalue weighted by Crippen LogP contribution is -2.05. The molecule has 1 fully saturated rings. The van der Waals surface area contributed by atoms with Gasteiger partial charge in [0.15, 0.2) is 0 Å². The Balaban J connectivity index is 0.00000176. The molecule has 2 N–H and O–H groups in total. The molecule has 1 aliphatic rings. The van der Waals surface area contributed by atoms with E-state index in [9.17, 15) is 17.6 Å². The number of rotatable bonds is 2. The second-order valence-electron chi connectivity index (χ2n) is 5.18. The third-order valence-electron chi connectivity index (χ3n) is 3.62. The Kier molecular flexibility index (Phi) is 4.44. The van der Waals surface area contributed by atoms with Crippen LogP contribution in [0.15, 0.2) is 36.5 Å². The van der Waals surface area contributed by atoms with Crippen LogP contribution >= 0.6 is 12.4 Å². The average molecular weight is 333 g/mol. The Morgan fingerprint density at radius 1 is 1.14 bits per heavy atom. The van der Waals surface area contributed by atoms with Gasteiger partial charge in [-0.25, -0.2) is 4.39 Å². The number of hydrogen-bond donors (Lipinski definition) is 1. The van der Waals surface area contributed by atoms with Crippen molar-refractivity contribution in [3.8, 4) is 11.3 Å². The molecule has 2 aromatic rings. The van der Waals surface area contributed by atoms with E-state index in [0.29, 0.717) is 0 Å². The van der Waals surface area contributed by atoms with Crippen molar-refractivity contribution in [2.24, 2.45) is 5.73 Å². The van der Waals surface area contributed by atoms with Gasteiger partial charge in [-0.15, -0.1) is 12.4 Å². The fourth-order valence-corrected chi connectivity index (χ4v) is 2.28. The Hall–Kier alpha value is -1.66. The van der Waals surface area contributed by atoms with Gasteiger partial charge in [-0.1, -0.05) is 6.07 Å². The Morgan fingerprint density at radius 3 is 2.32 bits per heavy atom. The molecule has 1 saturated carbocycles. The lowest BCUT2D eigenvalue weighted by Gasteiger charge is -2.10. The summed E-state index contributed by atoms with van der Waals surface area (Å²) in [5.74, 6) is -0.482. The minimum absolute atomic E-state index is 0. The molecule has 2 nitrogen and oxygen atoms in total. The number of nitrogens with two attached hydrogens (primary N) is 1. The predicted octanol–water partition coefficient (Wildman–Crippen LogP) is 4.14. The first-order valence-electron chi connectivity index (χ1n) is 6.45. The third-order valence-corrected chi connectivity index (χ3v) is 3.62. The van der Waals surface area contributed by atoms with Gasteiger partial charge in [-0.2, -0.15) is 13.2 Å². The van der Waals surface area contributed by atoms with Gasteiger partial charge in [0.25, 0.3) is 0 Å². The van der Waals surface area contributed by atoms with Crippen LogP contribution in [0.4, 0.5) is 17.6 Å². The van der Waals surface area contributed by atoms with Crippen molar-refractivity contribution in [1.82, 2.24) is 4.98 Å². The highest BCUT2D eigenvalue weighted by molar-refractivity contribution is 5.85. The third kappa shape index (κ3) is 3.23. The highest BCUT2D eigenvalue weighted by atomic mass is 35.5. The van der Waals surface area contributed by atoms with Crippen molar-refractivity contribution >= 4 is 12.4 Å². The van der Waals surface area contributed by atoms with Crippen molar-refractivity contribution in [3.63, 3.8) is 0 Å². The number of aromatic nitrogens is 1. The minimum Gasteiger partial charge on any atom is -0.327 e. The highest BCUT2D eigenvalue weighted by Gasteiger charge is 2.35. The van der Waals surface area contributed by atoms with Gasteiger partial charge < -0.3 is 5.73 Å². The Bertz CT molecular complexity index is 670. The monoisotopic (exact) mass is 332 g/mol. The maximum atomic E-state index is 13.7. The fourth-order valence-electron chi connectivity index (χ4n) is 2.28. The minimum atomic E-state index is -4.51. The standard InChI is InChI=1S/C15H12F4N2.ClH/c16-12-3-2-9(15(17,18)19)5-11(12)14-4-1-8(7-21-14)10-6-13(10)20;/h1-5,7,10,13H,6,20H2;1H. The molecular formula is C15H13ClF4N2. The first-order chi connectivity index (χ1) is 9.86. The number of hydrogen-bond acceptors (Lipinski definition) is 2. The van der Waals surface area contributed by atoms with Crippen molar-refractivity contribution in [1.29, 1.82) is 0 Å². The average Bonchev–Trinajstić information content (AvgIpc) is 3.15. The maximum Gasteiger partial charge on any atom is 0.416 e. The van der Waals surface area contributed by atoms with Crippen LogP contribution in [0.3, 0.4) is 0 Å². The number of halogens is 5. The molecule has 1 aromatic carbocycles. The van der Waals surface area contributed by atoms with Gasteiger partial charge in [-0.05, 0) is 36.2 Å². The van der Waals surface area contributed by atoms with Crippen molar-refractivity contribution in [2.75, 3.05) is 0 Å². The Morgan fingerprint density at radius 2 is 1.82 bits per heavy atom. The second-order valence-corrected chi connectivity index (χ2v) is 5.18. The summed E-state index contributed by atoms with van der Waals surface area (Å²) in [5, 5.41) is 0. The quantitative estimate of drug-likeness (QED) is 0.839. The van der Waals surface area contributed by atoms with E-state index in [-0.39, 0.29) is 35.6 Å². The van der Waals surface area contributed by atoms with Crippen LogP contribution in [-0.2, 0) is 6.18 Å². The van der Waals surface area contributed by atoms with Crippen LogP contribution in [0.1, 0.15) is 23.5 Å². The normalized spacial score (nSPS) is 20.4. The van der Waals surface area contributed by atoms with Crippen LogP contribution in [0.2, 0.25) is 0 Å². The van der Waals surface area contributed by atoms with Crippen molar-refractivity contribution in [2.45, 2.75) is 24.6 Å². The topological polar surface area (TPSA) is 38.9 Å². The van der Waals surface area contributed by atoms with Crippen LogP contribution in [0, 0.1) is 5.82 Å². The summed E-state index contributed by atoms with van der Waals surface area (Å²) in [7, 11) is 0. The molecule has 1 aliphatic carbocycles. The molecule has 1 heterocycles. The maximum absolute atomic E-state index is 13.7. The highest BCUT2D eigenvalue weighted by Crippen LogP contribution is 2.39. The summed E-state index contributed by atoms with van der Waals surface area (Å²) < 4.78 is 51.8. The van der Waals surface area contributed by atoms with Gasteiger partial charge in [0.1, 0.15) is 5.82 Å². The van der Waals surface area contributed by atoms with E-state index in [0.717, 1.165) is 30.2 Å².